The Labute approximate surface area is 140 Å². The van der Waals surface area contributed by atoms with Crippen LogP contribution < -0.4 is 4.72 Å². The zero-order valence-corrected chi connectivity index (χ0v) is 14.2. The number of rotatable bonds is 7. The minimum absolute atomic E-state index is 0.0437. The molecule has 9 nitrogen and oxygen atoms in total. The number of nitrogens with zero attached hydrogens (tertiary/aromatic N) is 3. The van der Waals surface area contributed by atoms with Gasteiger partial charge in [0.05, 0.1) is 19.4 Å². The van der Waals surface area contributed by atoms with E-state index in [0.717, 1.165) is 12.8 Å². The van der Waals surface area contributed by atoms with Gasteiger partial charge in [0, 0.05) is 20.2 Å². The molecule has 24 heavy (non-hydrogen) atoms. The number of ether oxygens (including phenoxy) is 1. The fraction of sp³-hybridized carbons (Fsp3) is 0.571. The Kier molecular flexibility index (Phi) is 5.29. The largest absolute Gasteiger partial charge is 0.459 e. The van der Waals surface area contributed by atoms with E-state index in [2.05, 4.69) is 14.9 Å². The average Bonchev–Trinajstić information content (AvgIpc) is 3.25. The predicted octanol–water partition coefficient (Wildman–Crippen LogP) is 1.02. The molecule has 0 spiro atoms. The molecule has 0 aliphatic carbocycles. The van der Waals surface area contributed by atoms with Crippen LogP contribution in [0, 0.1) is 5.92 Å². The van der Waals surface area contributed by atoms with Crippen LogP contribution in [0.4, 0.5) is 0 Å². The van der Waals surface area contributed by atoms with Crippen LogP contribution in [0.15, 0.2) is 27.3 Å². The van der Waals surface area contributed by atoms with Crippen LogP contribution in [0.5, 0.6) is 0 Å². The maximum absolute atomic E-state index is 12.4. The quantitative estimate of drug-likeness (QED) is 0.788. The third-order valence-corrected chi connectivity index (χ3v) is 5.36. The van der Waals surface area contributed by atoms with E-state index in [4.69, 9.17) is 13.7 Å². The highest BCUT2D eigenvalue weighted by Crippen LogP contribution is 2.19. The molecule has 0 radical (unpaired) electrons. The molecule has 1 aliphatic heterocycles. The van der Waals surface area contributed by atoms with E-state index in [9.17, 15) is 8.42 Å². The van der Waals surface area contributed by atoms with Crippen molar-refractivity contribution in [3.05, 3.63) is 24.2 Å². The molecule has 1 saturated heterocycles. The highest BCUT2D eigenvalue weighted by Gasteiger charge is 2.29. The molecule has 132 valence electrons. The van der Waals surface area contributed by atoms with Crippen molar-refractivity contribution in [3.8, 4) is 11.7 Å². The molecular formula is C14H20N4O5S. The van der Waals surface area contributed by atoms with Crippen molar-refractivity contribution in [1.29, 1.82) is 0 Å². The number of furan rings is 1. The Hall–Kier alpha value is -1.75. The first-order valence-corrected chi connectivity index (χ1v) is 9.12. The topological polar surface area (TPSA) is 111 Å². The van der Waals surface area contributed by atoms with Crippen LogP contribution in [0.25, 0.3) is 11.7 Å². The van der Waals surface area contributed by atoms with E-state index in [-0.39, 0.29) is 24.2 Å². The monoisotopic (exact) mass is 356 g/mol. The summed E-state index contributed by atoms with van der Waals surface area (Å²) in [5.41, 5.74) is 0. The third-order valence-electron chi connectivity index (χ3n) is 3.84. The maximum Gasteiger partial charge on any atom is 0.293 e. The Morgan fingerprint density at radius 1 is 1.50 bits per heavy atom. The van der Waals surface area contributed by atoms with Crippen LogP contribution in [0.2, 0.25) is 0 Å². The van der Waals surface area contributed by atoms with Crippen molar-refractivity contribution in [1.82, 2.24) is 19.2 Å². The summed E-state index contributed by atoms with van der Waals surface area (Å²) in [5, 5.41) is 3.75. The molecule has 0 bridgehead atoms. The van der Waals surface area contributed by atoms with E-state index in [1.54, 1.807) is 19.2 Å². The van der Waals surface area contributed by atoms with Crippen molar-refractivity contribution in [2.24, 2.45) is 5.92 Å². The number of aromatic nitrogens is 2. The molecule has 0 amide bonds. The van der Waals surface area contributed by atoms with Crippen molar-refractivity contribution in [2.45, 2.75) is 19.4 Å². The second-order valence-electron chi connectivity index (χ2n) is 5.64. The Morgan fingerprint density at radius 2 is 2.38 bits per heavy atom. The molecule has 1 unspecified atom stereocenters. The van der Waals surface area contributed by atoms with Gasteiger partial charge in [0.2, 0.25) is 0 Å². The van der Waals surface area contributed by atoms with E-state index in [0.29, 0.717) is 25.5 Å². The summed E-state index contributed by atoms with van der Waals surface area (Å²) in [4.78, 5) is 4.11. The van der Waals surface area contributed by atoms with E-state index < -0.39 is 10.2 Å². The molecule has 1 fully saturated rings. The number of hydrogen-bond acceptors (Lipinski definition) is 7. The van der Waals surface area contributed by atoms with Crippen molar-refractivity contribution in [2.75, 3.05) is 26.8 Å². The molecule has 10 heteroatoms. The highest BCUT2D eigenvalue weighted by molar-refractivity contribution is 7.87. The Balaban J connectivity index is 1.59. The smallest absolute Gasteiger partial charge is 0.293 e. The second kappa shape index (κ2) is 7.43. The fourth-order valence-electron chi connectivity index (χ4n) is 2.69. The minimum Gasteiger partial charge on any atom is -0.459 e. The normalized spacial score (nSPS) is 19.6. The van der Waals surface area contributed by atoms with Gasteiger partial charge in [-0.1, -0.05) is 5.16 Å². The third kappa shape index (κ3) is 4.01. The SMILES string of the molecule is COCC1CCCN(S(=O)(=O)NCc2noc(-c3ccco3)n2)C1. The number of nitrogens with one attached hydrogen (secondary N) is 1. The summed E-state index contributed by atoms with van der Waals surface area (Å²) in [7, 11) is -1.97. The Bertz CT molecular complexity index is 741. The van der Waals surface area contributed by atoms with Gasteiger partial charge in [-0.25, -0.2) is 0 Å². The Morgan fingerprint density at radius 3 is 3.12 bits per heavy atom. The second-order valence-corrected chi connectivity index (χ2v) is 7.40. The summed E-state index contributed by atoms with van der Waals surface area (Å²) >= 11 is 0. The standard InChI is InChI=1S/C14H20N4O5S/c1-21-10-11-4-2-6-18(9-11)24(19,20)15-8-13-16-14(23-17-13)12-5-3-7-22-12/h3,5,7,11,15H,2,4,6,8-10H2,1H3. The summed E-state index contributed by atoms with van der Waals surface area (Å²) < 4.78 is 44.1. The lowest BCUT2D eigenvalue weighted by molar-refractivity contribution is 0.118. The van der Waals surface area contributed by atoms with Crippen LogP contribution in [0.3, 0.4) is 0 Å². The van der Waals surface area contributed by atoms with E-state index >= 15 is 0 Å². The predicted molar refractivity (Wildman–Crippen MR) is 83.9 cm³/mol. The van der Waals surface area contributed by atoms with Crippen molar-refractivity contribution < 1.29 is 22.1 Å². The first kappa shape index (κ1) is 17.1. The van der Waals surface area contributed by atoms with E-state index in [1.807, 2.05) is 0 Å². The summed E-state index contributed by atoms with van der Waals surface area (Å²) in [6, 6.07) is 3.39. The number of piperidine rings is 1. The van der Waals surface area contributed by atoms with Gasteiger partial charge in [-0.2, -0.15) is 22.4 Å². The van der Waals surface area contributed by atoms with Gasteiger partial charge in [0.1, 0.15) is 0 Å². The van der Waals surface area contributed by atoms with Gasteiger partial charge in [0.25, 0.3) is 16.1 Å². The van der Waals surface area contributed by atoms with Crippen LogP contribution >= 0.6 is 0 Å². The van der Waals surface area contributed by atoms with Crippen LogP contribution in [-0.4, -0.2) is 49.7 Å². The molecule has 2 aromatic rings. The lowest BCUT2D eigenvalue weighted by Crippen LogP contribution is -2.46. The summed E-state index contributed by atoms with van der Waals surface area (Å²) in [6.45, 7) is 1.47. The molecule has 0 aromatic carbocycles. The molecule has 1 aliphatic rings. The highest BCUT2D eigenvalue weighted by atomic mass is 32.2. The molecule has 0 saturated carbocycles. The van der Waals surface area contributed by atoms with Gasteiger partial charge >= 0.3 is 0 Å². The lowest BCUT2D eigenvalue weighted by atomic mass is 10.0. The zero-order chi connectivity index (χ0) is 17.0. The molecule has 3 rings (SSSR count). The summed E-state index contributed by atoms with van der Waals surface area (Å²) in [5.74, 6) is 1.12. The first-order valence-electron chi connectivity index (χ1n) is 7.68. The van der Waals surface area contributed by atoms with Gasteiger partial charge in [0.15, 0.2) is 11.6 Å². The van der Waals surface area contributed by atoms with Crippen LogP contribution in [-0.2, 0) is 21.5 Å². The van der Waals surface area contributed by atoms with E-state index in [1.165, 1.54) is 10.6 Å². The molecule has 1 N–H and O–H groups in total. The molecule has 3 heterocycles. The number of hydrogen-bond donors (Lipinski definition) is 1. The van der Waals surface area contributed by atoms with Crippen LogP contribution in [0.1, 0.15) is 18.7 Å². The van der Waals surface area contributed by atoms with Crippen molar-refractivity contribution in [3.63, 3.8) is 0 Å². The average molecular weight is 356 g/mol. The van der Waals surface area contributed by atoms with Gasteiger partial charge in [-0.15, -0.1) is 0 Å². The summed E-state index contributed by atoms with van der Waals surface area (Å²) in [6.07, 6.45) is 3.28. The zero-order valence-electron chi connectivity index (χ0n) is 13.3. The fourth-order valence-corrected chi connectivity index (χ4v) is 3.96. The van der Waals surface area contributed by atoms with Gasteiger partial charge < -0.3 is 13.7 Å². The molecular weight excluding hydrogens is 336 g/mol. The lowest BCUT2D eigenvalue weighted by Gasteiger charge is -2.31. The first-order chi connectivity index (χ1) is 11.6. The van der Waals surface area contributed by atoms with Gasteiger partial charge in [-0.05, 0) is 30.9 Å². The minimum atomic E-state index is -3.59. The number of methoxy groups -OCH3 is 1. The maximum atomic E-state index is 12.4. The van der Waals surface area contributed by atoms with Gasteiger partial charge in [-0.3, -0.25) is 0 Å². The molecule has 1 atom stereocenters. The van der Waals surface area contributed by atoms with Crippen molar-refractivity contribution >= 4 is 10.2 Å². The molecule has 2 aromatic heterocycles.